The number of benzene rings is 2. The average molecular weight is 402 g/mol. The van der Waals surface area contributed by atoms with E-state index in [2.05, 4.69) is 20.4 Å². The van der Waals surface area contributed by atoms with Crippen LogP contribution in [-0.4, -0.2) is 25.2 Å². The first kappa shape index (κ1) is 17.6. The van der Waals surface area contributed by atoms with Crippen molar-refractivity contribution in [1.82, 2.24) is 25.2 Å². The smallest absolute Gasteiger partial charge is 0.204 e. The maximum absolute atomic E-state index is 12.9. The molecule has 6 nitrogen and oxygen atoms in total. The second-order valence-corrected chi connectivity index (χ2v) is 7.01. The molecule has 27 heavy (non-hydrogen) atoms. The largest absolute Gasteiger partial charge is 0.486 e. The number of tetrazole rings is 1. The van der Waals surface area contributed by atoms with Crippen molar-refractivity contribution in [1.29, 1.82) is 0 Å². The summed E-state index contributed by atoms with van der Waals surface area (Å²) in [6.45, 7) is 0.718. The van der Waals surface area contributed by atoms with Crippen LogP contribution in [0.15, 0.2) is 53.9 Å². The van der Waals surface area contributed by atoms with Gasteiger partial charge in [-0.2, -0.15) is 4.80 Å². The van der Waals surface area contributed by atoms with Crippen LogP contribution in [0.4, 0.5) is 4.39 Å². The monoisotopic (exact) mass is 401 g/mol. The summed E-state index contributed by atoms with van der Waals surface area (Å²) in [6.07, 6.45) is 0. The molecule has 9 heteroatoms. The molecule has 0 N–H and O–H groups in total. The van der Waals surface area contributed by atoms with E-state index >= 15 is 0 Å². The van der Waals surface area contributed by atoms with Crippen molar-refractivity contribution in [3.63, 3.8) is 0 Å². The van der Waals surface area contributed by atoms with E-state index in [0.29, 0.717) is 29.7 Å². The van der Waals surface area contributed by atoms with Gasteiger partial charge in [0, 0.05) is 16.0 Å². The minimum absolute atomic E-state index is 0.295. The standard InChI is InChI=1S/C18H13ClFN5OS/c19-13-3-1-2-12(8-13)18-22-24-25(23-18)9-15-11-27-17(21-15)10-26-16-6-4-14(20)5-7-16/h1-8,11H,9-10H2. The topological polar surface area (TPSA) is 65.7 Å². The molecule has 4 aromatic rings. The second kappa shape index (κ2) is 7.81. The Morgan fingerprint density at radius 1 is 1.15 bits per heavy atom. The predicted molar refractivity (Wildman–Crippen MR) is 100 cm³/mol. The molecule has 0 aliphatic heterocycles. The van der Waals surface area contributed by atoms with E-state index in [4.69, 9.17) is 16.3 Å². The van der Waals surface area contributed by atoms with Crippen molar-refractivity contribution in [2.24, 2.45) is 0 Å². The summed E-state index contributed by atoms with van der Waals surface area (Å²) in [5.74, 6) is 0.807. The number of thiazole rings is 1. The SMILES string of the molecule is Fc1ccc(OCc2nc(Cn3nnc(-c4cccc(Cl)c4)n3)cs2)cc1. The van der Waals surface area contributed by atoms with Crippen LogP contribution < -0.4 is 4.74 Å². The van der Waals surface area contributed by atoms with E-state index in [1.807, 2.05) is 17.5 Å². The van der Waals surface area contributed by atoms with Crippen molar-refractivity contribution in [3.05, 3.63) is 75.5 Å². The Balaban J connectivity index is 1.38. The molecular formula is C18H13ClFN5OS. The van der Waals surface area contributed by atoms with Crippen LogP contribution in [0.2, 0.25) is 5.02 Å². The number of ether oxygens (including phenoxy) is 1. The summed E-state index contributed by atoms with van der Waals surface area (Å²) in [6, 6.07) is 13.2. The molecule has 0 fully saturated rings. The first-order valence-corrected chi connectivity index (χ1v) is 9.27. The van der Waals surface area contributed by atoms with Crippen LogP contribution in [0.25, 0.3) is 11.4 Å². The summed E-state index contributed by atoms with van der Waals surface area (Å²) >= 11 is 7.47. The molecule has 136 valence electrons. The fraction of sp³-hybridized carbons (Fsp3) is 0.111. The van der Waals surface area contributed by atoms with Gasteiger partial charge in [-0.25, -0.2) is 9.37 Å². The number of rotatable bonds is 6. The zero-order chi connectivity index (χ0) is 18.6. The average Bonchev–Trinajstić information content (AvgIpc) is 3.31. The van der Waals surface area contributed by atoms with E-state index < -0.39 is 0 Å². The van der Waals surface area contributed by atoms with Crippen LogP contribution >= 0.6 is 22.9 Å². The third-order valence-electron chi connectivity index (χ3n) is 3.61. The summed E-state index contributed by atoms with van der Waals surface area (Å²) in [5.41, 5.74) is 1.62. The van der Waals surface area contributed by atoms with Crippen LogP contribution in [0.5, 0.6) is 5.75 Å². The Morgan fingerprint density at radius 3 is 2.81 bits per heavy atom. The molecule has 2 heterocycles. The molecular weight excluding hydrogens is 389 g/mol. The molecule has 0 saturated carbocycles. The van der Waals surface area contributed by atoms with Crippen LogP contribution in [0, 0.1) is 5.82 Å². The molecule has 0 aliphatic carbocycles. The fourth-order valence-corrected chi connectivity index (χ4v) is 3.25. The molecule has 2 aromatic carbocycles. The zero-order valence-electron chi connectivity index (χ0n) is 13.9. The molecule has 0 amide bonds. The molecule has 0 saturated heterocycles. The van der Waals surface area contributed by atoms with Crippen molar-refractivity contribution >= 4 is 22.9 Å². The van der Waals surface area contributed by atoms with E-state index in [1.54, 1.807) is 24.3 Å². The van der Waals surface area contributed by atoms with Gasteiger partial charge >= 0.3 is 0 Å². The lowest BCUT2D eigenvalue weighted by Gasteiger charge is -2.03. The number of hydrogen-bond donors (Lipinski definition) is 0. The van der Waals surface area contributed by atoms with Crippen LogP contribution in [0.1, 0.15) is 10.7 Å². The maximum Gasteiger partial charge on any atom is 0.204 e. The molecule has 0 radical (unpaired) electrons. The van der Waals surface area contributed by atoms with E-state index in [-0.39, 0.29) is 5.82 Å². The van der Waals surface area contributed by atoms with Crippen molar-refractivity contribution in [2.75, 3.05) is 0 Å². The van der Waals surface area contributed by atoms with Crippen LogP contribution in [0.3, 0.4) is 0 Å². The summed E-state index contributed by atoms with van der Waals surface area (Å²) in [4.78, 5) is 5.99. The number of aromatic nitrogens is 5. The third-order valence-corrected chi connectivity index (χ3v) is 4.72. The van der Waals surface area contributed by atoms with Gasteiger partial charge in [-0.15, -0.1) is 21.5 Å². The van der Waals surface area contributed by atoms with Gasteiger partial charge in [-0.3, -0.25) is 0 Å². The molecule has 0 aliphatic rings. The first-order valence-electron chi connectivity index (χ1n) is 8.01. The maximum atomic E-state index is 12.9. The number of nitrogens with zero attached hydrogens (tertiary/aromatic N) is 5. The Hall–Kier alpha value is -2.84. The summed E-state index contributed by atoms with van der Waals surface area (Å²) in [5, 5.41) is 15.8. The van der Waals surface area contributed by atoms with E-state index in [1.165, 1.54) is 28.3 Å². The highest BCUT2D eigenvalue weighted by Gasteiger charge is 2.09. The normalized spacial score (nSPS) is 10.9. The highest BCUT2D eigenvalue weighted by atomic mass is 35.5. The van der Waals surface area contributed by atoms with Gasteiger partial charge in [0.25, 0.3) is 0 Å². The van der Waals surface area contributed by atoms with E-state index in [9.17, 15) is 4.39 Å². The Bertz CT molecular complexity index is 1050. The van der Waals surface area contributed by atoms with Gasteiger partial charge in [0.05, 0.1) is 5.69 Å². The quantitative estimate of drug-likeness (QED) is 0.484. The molecule has 0 bridgehead atoms. The van der Waals surface area contributed by atoms with Gasteiger partial charge in [-0.1, -0.05) is 23.7 Å². The minimum Gasteiger partial charge on any atom is -0.486 e. The van der Waals surface area contributed by atoms with E-state index in [0.717, 1.165) is 16.3 Å². The lowest BCUT2D eigenvalue weighted by molar-refractivity contribution is 0.304. The zero-order valence-corrected chi connectivity index (χ0v) is 15.5. The van der Waals surface area contributed by atoms with Gasteiger partial charge in [0.1, 0.15) is 29.7 Å². The summed E-state index contributed by atoms with van der Waals surface area (Å²) in [7, 11) is 0. The molecule has 4 rings (SSSR count). The molecule has 0 spiro atoms. The van der Waals surface area contributed by atoms with Crippen molar-refractivity contribution in [2.45, 2.75) is 13.2 Å². The first-order chi connectivity index (χ1) is 13.2. The third kappa shape index (κ3) is 4.47. The number of hydrogen-bond acceptors (Lipinski definition) is 6. The van der Waals surface area contributed by atoms with Gasteiger partial charge < -0.3 is 4.74 Å². The second-order valence-electron chi connectivity index (χ2n) is 5.63. The predicted octanol–water partition coefficient (Wildman–Crippen LogP) is 4.22. The number of halogens is 2. The highest BCUT2D eigenvalue weighted by molar-refractivity contribution is 7.09. The van der Waals surface area contributed by atoms with Gasteiger partial charge in [-0.05, 0) is 41.6 Å². The highest BCUT2D eigenvalue weighted by Crippen LogP contribution is 2.19. The minimum atomic E-state index is -0.295. The Labute approximate surface area is 163 Å². The van der Waals surface area contributed by atoms with Crippen molar-refractivity contribution < 1.29 is 9.13 Å². The van der Waals surface area contributed by atoms with Gasteiger partial charge in [0.2, 0.25) is 5.82 Å². The van der Waals surface area contributed by atoms with Gasteiger partial charge in [0.15, 0.2) is 0 Å². The summed E-state index contributed by atoms with van der Waals surface area (Å²) < 4.78 is 18.5. The fourth-order valence-electron chi connectivity index (χ4n) is 2.36. The van der Waals surface area contributed by atoms with Crippen molar-refractivity contribution in [3.8, 4) is 17.1 Å². The Kier molecular flexibility index (Phi) is 5.08. The molecule has 0 unspecified atom stereocenters. The lowest BCUT2D eigenvalue weighted by Crippen LogP contribution is -2.05. The molecule has 2 aromatic heterocycles. The lowest BCUT2D eigenvalue weighted by atomic mass is 10.2. The Morgan fingerprint density at radius 2 is 2.00 bits per heavy atom. The van der Waals surface area contributed by atoms with Crippen LogP contribution in [-0.2, 0) is 13.2 Å². The molecule has 0 atom stereocenters.